The molecule has 0 aromatic heterocycles. The fraction of sp³-hybridized carbons (Fsp3) is 0.550. The van der Waals surface area contributed by atoms with Gasteiger partial charge in [0.1, 0.15) is 17.9 Å². The van der Waals surface area contributed by atoms with Crippen LogP contribution in [0.1, 0.15) is 50.1 Å². The number of rotatable bonds is 3. The molecule has 2 aliphatic heterocycles. The molecule has 0 bridgehead atoms. The van der Waals surface area contributed by atoms with Crippen molar-refractivity contribution in [2.45, 2.75) is 55.0 Å². The zero-order valence-corrected chi connectivity index (χ0v) is 16.7. The number of benzene rings is 1. The summed E-state index contributed by atoms with van der Waals surface area (Å²) < 4.78 is 13.7. The van der Waals surface area contributed by atoms with Gasteiger partial charge < -0.3 is 10.2 Å². The maximum atomic E-state index is 13.7. The lowest BCUT2D eigenvalue weighted by Crippen LogP contribution is -2.49. The lowest BCUT2D eigenvalue weighted by Gasteiger charge is -2.35. The van der Waals surface area contributed by atoms with E-state index in [1.54, 1.807) is 24.9 Å². The molecule has 1 aliphatic carbocycles. The predicted octanol–water partition coefficient (Wildman–Crippen LogP) is 3.08. The van der Waals surface area contributed by atoms with Crippen LogP contribution in [0.3, 0.4) is 0 Å². The van der Waals surface area contributed by atoms with E-state index in [1.165, 1.54) is 17.0 Å². The molecule has 1 unspecified atom stereocenters. The minimum absolute atomic E-state index is 0.263. The standard InChI is InChI=1S/C20H24FN3O3S/c1-23-19(27)24(18(26)20(23)8-3-2-4-9-20)12-17(25)22-15-7-10-28-16-6-5-13(21)11-14(15)16/h5-6,11,15H,2-4,7-10,12H2,1H3,(H,22,25). The Morgan fingerprint density at radius 2 is 2.04 bits per heavy atom. The number of hydrogen-bond donors (Lipinski definition) is 1. The largest absolute Gasteiger partial charge is 0.348 e. The molecule has 1 spiro atoms. The summed E-state index contributed by atoms with van der Waals surface area (Å²) in [5.74, 6) is -0.182. The Morgan fingerprint density at radius 1 is 1.29 bits per heavy atom. The molecule has 150 valence electrons. The molecule has 4 amide bonds. The third-order valence-electron chi connectivity index (χ3n) is 6.13. The first kappa shape index (κ1) is 19.2. The topological polar surface area (TPSA) is 69.7 Å². The fourth-order valence-corrected chi connectivity index (χ4v) is 5.68. The van der Waals surface area contributed by atoms with Crippen LogP contribution in [0.25, 0.3) is 0 Å². The molecule has 28 heavy (non-hydrogen) atoms. The molecule has 1 atom stereocenters. The Labute approximate surface area is 167 Å². The van der Waals surface area contributed by atoms with Crippen LogP contribution in [0.15, 0.2) is 23.1 Å². The first-order valence-corrected chi connectivity index (χ1v) is 10.7. The Morgan fingerprint density at radius 3 is 2.79 bits per heavy atom. The van der Waals surface area contributed by atoms with Gasteiger partial charge in [-0.05, 0) is 43.0 Å². The van der Waals surface area contributed by atoms with Gasteiger partial charge >= 0.3 is 6.03 Å². The van der Waals surface area contributed by atoms with Gasteiger partial charge in [-0.25, -0.2) is 9.18 Å². The number of fused-ring (bicyclic) bond motifs is 1. The molecule has 4 rings (SSSR count). The van der Waals surface area contributed by atoms with Gasteiger partial charge in [0.25, 0.3) is 5.91 Å². The summed E-state index contributed by atoms with van der Waals surface area (Å²) >= 11 is 1.63. The zero-order valence-electron chi connectivity index (χ0n) is 15.9. The monoisotopic (exact) mass is 405 g/mol. The van der Waals surface area contributed by atoms with Crippen molar-refractivity contribution in [3.63, 3.8) is 0 Å². The van der Waals surface area contributed by atoms with Crippen molar-refractivity contribution in [1.82, 2.24) is 15.1 Å². The number of imide groups is 1. The van der Waals surface area contributed by atoms with Gasteiger partial charge in [-0.3, -0.25) is 14.5 Å². The number of carbonyl (C=O) groups is 3. The van der Waals surface area contributed by atoms with Gasteiger partial charge in [-0.1, -0.05) is 19.3 Å². The molecular formula is C20H24FN3O3S. The van der Waals surface area contributed by atoms with Gasteiger partial charge in [0.05, 0.1) is 6.04 Å². The normalized spacial score (nSPS) is 23.9. The van der Waals surface area contributed by atoms with E-state index in [1.807, 2.05) is 0 Å². The third-order valence-corrected chi connectivity index (χ3v) is 7.25. The van der Waals surface area contributed by atoms with E-state index < -0.39 is 17.5 Å². The highest BCUT2D eigenvalue weighted by molar-refractivity contribution is 7.99. The van der Waals surface area contributed by atoms with Gasteiger partial charge in [0.15, 0.2) is 0 Å². The summed E-state index contributed by atoms with van der Waals surface area (Å²) in [5.41, 5.74) is -0.0307. The highest BCUT2D eigenvalue weighted by Gasteiger charge is 2.55. The molecular weight excluding hydrogens is 381 g/mol. The first-order valence-electron chi connectivity index (χ1n) is 9.74. The van der Waals surface area contributed by atoms with Crippen LogP contribution in [-0.4, -0.2) is 52.5 Å². The minimum Gasteiger partial charge on any atom is -0.348 e. The second-order valence-corrected chi connectivity index (χ2v) is 8.90. The van der Waals surface area contributed by atoms with Crippen molar-refractivity contribution in [3.8, 4) is 0 Å². The Hall–Kier alpha value is -2.09. The van der Waals surface area contributed by atoms with Crippen LogP contribution in [-0.2, 0) is 9.59 Å². The van der Waals surface area contributed by atoms with Crippen molar-refractivity contribution in [2.75, 3.05) is 19.3 Å². The highest BCUT2D eigenvalue weighted by Crippen LogP contribution is 2.40. The summed E-state index contributed by atoms with van der Waals surface area (Å²) in [6, 6.07) is 3.87. The number of urea groups is 1. The molecule has 0 radical (unpaired) electrons. The number of nitrogens with zero attached hydrogens (tertiary/aromatic N) is 2. The Balaban J connectivity index is 1.47. The predicted molar refractivity (Wildman–Crippen MR) is 103 cm³/mol. The van der Waals surface area contributed by atoms with E-state index in [2.05, 4.69) is 5.32 Å². The summed E-state index contributed by atoms with van der Waals surface area (Å²) in [5, 5.41) is 2.89. The van der Waals surface area contributed by atoms with Crippen molar-refractivity contribution < 1.29 is 18.8 Å². The lowest BCUT2D eigenvalue weighted by molar-refractivity contribution is -0.137. The molecule has 1 aromatic rings. The second kappa shape index (κ2) is 7.39. The number of likely N-dealkylation sites (N-methyl/N-ethyl adjacent to an activating group) is 1. The molecule has 1 saturated heterocycles. The van der Waals surface area contributed by atoms with Crippen LogP contribution in [0.4, 0.5) is 9.18 Å². The number of halogens is 1. The minimum atomic E-state index is -0.785. The SMILES string of the molecule is CN1C(=O)N(CC(=O)NC2CCSc3ccc(F)cc32)C(=O)C12CCCCC2. The van der Waals surface area contributed by atoms with E-state index >= 15 is 0 Å². The van der Waals surface area contributed by atoms with Crippen LogP contribution >= 0.6 is 11.8 Å². The lowest BCUT2D eigenvalue weighted by atomic mass is 9.81. The zero-order chi connectivity index (χ0) is 19.9. The van der Waals surface area contributed by atoms with E-state index in [4.69, 9.17) is 0 Å². The van der Waals surface area contributed by atoms with Gasteiger partial charge in [0.2, 0.25) is 5.91 Å². The number of thioether (sulfide) groups is 1. The molecule has 8 heteroatoms. The van der Waals surface area contributed by atoms with Crippen molar-refractivity contribution >= 4 is 29.6 Å². The van der Waals surface area contributed by atoms with Crippen molar-refractivity contribution in [2.24, 2.45) is 0 Å². The van der Waals surface area contributed by atoms with Crippen molar-refractivity contribution in [1.29, 1.82) is 0 Å². The van der Waals surface area contributed by atoms with Crippen LogP contribution in [0.5, 0.6) is 0 Å². The molecule has 2 heterocycles. The molecule has 1 N–H and O–H groups in total. The third kappa shape index (κ3) is 3.17. The Kier molecular flexibility index (Phi) is 5.07. The smallest absolute Gasteiger partial charge is 0.327 e. The van der Waals surface area contributed by atoms with Crippen LogP contribution in [0.2, 0.25) is 0 Å². The average molecular weight is 405 g/mol. The van der Waals surface area contributed by atoms with Gasteiger partial charge in [0, 0.05) is 17.7 Å². The summed E-state index contributed by atoms with van der Waals surface area (Å²) in [6.07, 6.45) is 4.86. The van der Waals surface area contributed by atoms with Gasteiger partial charge in [-0.15, -0.1) is 11.8 Å². The maximum Gasteiger partial charge on any atom is 0.327 e. The molecule has 6 nitrogen and oxygen atoms in total. The first-order chi connectivity index (χ1) is 13.4. The molecule has 1 aromatic carbocycles. The number of hydrogen-bond acceptors (Lipinski definition) is 4. The molecule has 1 saturated carbocycles. The molecule has 3 aliphatic rings. The van der Waals surface area contributed by atoms with E-state index in [9.17, 15) is 18.8 Å². The summed E-state index contributed by atoms with van der Waals surface area (Å²) in [7, 11) is 1.65. The van der Waals surface area contributed by atoms with Crippen molar-refractivity contribution in [3.05, 3.63) is 29.6 Å². The number of nitrogens with one attached hydrogen (secondary N) is 1. The van der Waals surface area contributed by atoms with E-state index in [0.29, 0.717) is 19.3 Å². The highest BCUT2D eigenvalue weighted by atomic mass is 32.2. The fourth-order valence-electron chi connectivity index (χ4n) is 4.57. The number of carbonyl (C=O) groups excluding carboxylic acids is 3. The van der Waals surface area contributed by atoms with Crippen LogP contribution < -0.4 is 5.32 Å². The Bertz CT molecular complexity index is 825. The summed E-state index contributed by atoms with van der Waals surface area (Å²) in [6.45, 7) is -0.294. The quantitative estimate of drug-likeness (QED) is 0.785. The summed E-state index contributed by atoms with van der Waals surface area (Å²) in [4.78, 5) is 41.9. The second-order valence-electron chi connectivity index (χ2n) is 7.76. The average Bonchev–Trinajstić information content (AvgIpc) is 2.85. The van der Waals surface area contributed by atoms with E-state index in [0.717, 1.165) is 40.4 Å². The molecule has 2 fully saturated rings. The number of amides is 4. The van der Waals surface area contributed by atoms with Crippen LogP contribution in [0, 0.1) is 5.82 Å². The van der Waals surface area contributed by atoms with E-state index in [-0.39, 0.29) is 24.3 Å². The maximum absolute atomic E-state index is 13.7. The van der Waals surface area contributed by atoms with Gasteiger partial charge in [-0.2, -0.15) is 0 Å².